The highest BCUT2D eigenvalue weighted by molar-refractivity contribution is 7.99. The summed E-state index contributed by atoms with van der Waals surface area (Å²) in [4.78, 5) is 12.6. The van der Waals surface area contributed by atoms with Gasteiger partial charge in [0.2, 0.25) is 0 Å². The van der Waals surface area contributed by atoms with Gasteiger partial charge in [0.1, 0.15) is 17.2 Å². The molecule has 200 valence electrons. The van der Waals surface area contributed by atoms with Crippen molar-refractivity contribution in [1.82, 2.24) is 20.2 Å². The normalized spacial score (nSPS) is 10.9. The molecule has 0 bridgehead atoms. The number of hydrogen-bond acceptors (Lipinski definition) is 7. The first-order chi connectivity index (χ1) is 19.6. The fourth-order valence-electron chi connectivity index (χ4n) is 3.84. The first-order valence-corrected chi connectivity index (χ1v) is 13.5. The number of aromatic nitrogens is 3. The second-order valence-electron chi connectivity index (χ2n) is 8.78. The van der Waals surface area contributed by atoms with Crippen LogP contribution in [0.15, 0.2) is 113 Å². The van der Waals surface area contributed by atoms with Crippen molar-refractivity contribution in [2.75, 3.05) is 12.9 Å². The van der Waals surface area contributed by atoms with Gasteiger partial charge in [-0.3, -0.25) is 9.36 Å². The number of carbonyl (C=O) groups is 1. The summed E-state index contributed by atoms with van der Waals surface area (Å²) in [5.74, 6) is 2.71. The van der Waals surface area contributed by atoms with E-state index in [4.69, 9.17) is 9.47 Å². The van der Waals surface area contributed by atoms with E-state index in [1.165, 1.54) is 11.8 Å². The number of aryl methyl sites for hydroxylation is 1. The molecule has 40 heavy (non-hydrogen) atoms. The van der Waals surface area contributed by atoms with Gasteiger partial charge in [-0.15, -0.1) is 10.2 Å². The first-order valence-electron chi connectivity index (χ1n) is 12.5. The van der Waals surface area contributed by atoms with Crippen LogP contribution in [0.4, 0.5) is 0 Å². The van der Waals surface area contributed by atoms with Crippen molar-refractivity contribution in [2.24, 2.45) is 5.10 Å². The summed E-state index contributed by atoms with van der Waals surface area (Å²) < 4.78 is 13.1. The number of ether oxygens (including phenoxy) is 2. The monoisotopic (exact) mass is 549 g/mol. The average Bonchev–Trinajstić information content (AvgIpc) is 3.41. The molecule has 0 saturated carbocycles. The highest BCUT2D eigenvalue weighted by Gasteiger charge is 2.17. The molecule has 8 nitrogen and oxygen atoms in total. The summed E-state index contributed by atoms with van der Waals surface area (Å²) in [5.41, 5.74) is 6.31. The van der Waals surface area contributed by atoms with Crippen LogP contribution in [0, 0.1) is 6.92 Å². The Bertz CT molecular complexity index is 1600. The molecule has 0 saturated heterocycles. The van der Waals surface area contributed by atoms with Crippen molar-refractivity contribution < 1.29 is 14.3 Å². The summed E-state index contributed by atoms with van der Waals surface area (Å²) >= 11 is 1.29. The topological polar surface area (TPSA) is 90.6 Å². The summed E-state index contributed by atoms with van der Waals surface area (Å²) in [6.07, 6.45) is 1.58. The molecule has 0 aliphatic rings. The maximum atomic E-state index is 12.6. The number of methoxy groups -OCH3 is 1. The standard InChI is InChI=1S/C31H27N5O3S/c1-22-11-15-25(16-12-22)36-30(24-13-17-26(38-2)18-14-24)34-35-31(36)40-21-29(37)33-32-20-23-7-6-10-28(19-23)39-27-8-4-3-5-9-27/h3-20H,21H2,1-2H3,(H,33,37)/b32-20+. The zero-order valence-corrected chi connectivity index (χ0v) is 22.8. The highest BCUT2D eigenvalue weighted by atomic mass is 32.2. The molecule has 5 rings (SSSR count). The van der Waals surface area contributed by atoms with Gasteiger partial charge in [0.15, 0.2) is 11.0 Å². The molecule has 9 heteroatoms. The third-order valence-electron chi connectivity index (χ3n) is 5.85. The number of benzene rings is 4. The fraction of sp³-hybridized carbons (Fsp3) is 0.0968. The van der Waals surface area contributed by atoms with Gasteiger partial charge in [-0.1, -0.05) is 59.8 Å². The molecular weight excluding hydrogens is 522 g/mol. The van der Waals surface area contributed by atoms with E-state index in [1.54, 1.807) is 13.3 Å². The molecule has 1 aromatic heterocycles. The van der Waals surface area contributed by atoms with Crippen molar-refractivity contribution in [1.29, 1.82) is 0 Å². The minimum Gasteiger partial charge on any atom is -0.497 e. The van der Waals surface area contributed by atoms with E-state index in [-0.39, 0.29) is 11.7 Å². The van der Waals surface area contributed by atoms with Gasteiger partial charge in [0.05, 0.1) is 19.1 Å². The minimum absolute atomic E-state index is 0.112. The molecule has 0 radical (unpaired) electrons. The number of nitrogens with one attached hydrogen (secondary N) is 1. The first kappa shape index (κ1) is 26.7. The Balaban J connectivity index is 1.25. The second kappa shape index (κ2) is 12.8. The number of amides is 1. The summed E-state index contributed by atoms with van der Waals surface area (Å²) in [5, 5.41) is 13.5. The van der Waals surface area contributed by atoms with E-state index in [0.717, 1.165) is 33.9 Å². The molecule has 0 spiro atoms. The van der Waals surface area contributed by atoms with Gasteiger partial charge in [-0.25, -0.2) is 5.43 Å². The Kier molecular flexibility index (Phi) is 8.53. The lowest BCUT2D eigenvalue weighted by atomic mass is 10.2. The molecular formula is C31H27N5O3S. The Morgan fingerprint density at radius 2 is 1.65 bits per heavy atom. The van der Waals surface area contributed by atoms with E-state index < -0.39 is 0 Å². The van der Waals surface area contributed by atoms with Crippen LogP contribution in [0.5, 0.6) is 17.2 Å². The number of thioether (sulfide) groups is 1. The Hall–Kier alpha value is -4.89. The lowest BCUT2D eigenvalue weighted by Gasteiger charge is -2.11. The molecule has 0 atom stereocenters. The number of hydrogen-bond donors (Lipinski definition) is 1. The lowest BCUT2D eigenvalue weighted by molar-refractivity contribution is -0.118. The van der Waals surface area contributed by atoms with E-state index >= 15 is 0 Å². The summed E-state index contributed by atoms with van der Waals surface area (Å²) in [6.45, 7) is 2.04. The van der Waals surface area contributed by atoms with Crippen molar-refractivity contribution in [2.45, 2.75) is 12.1 Å². The lowest BCUT2D eigenvalue weighted by Crippen LogP contribution is -2.20. The minimum atomic E-state index is -0.262. The van der Waals surface area contributed by atoms with Crippen LogP contribution in [-0.4, -0.2) is 39.7 Å². The number of para-hydroxylation sites is 1. The molecule has 0 unspecified atom stereocenters. The Labute approximate surface area is 236 Å². The SMILES string of the molecule is COc1ccc(-c2nnc(SCC(=O)N/N=C/c3cccc(Oc4ccccc4)c3)n2-c2ccc(C)cc2)cc1. The van der Waals surface area contributed by atoms with E-state index in [0.29, 0.717) is 16.7 Å². The van der Waals surface area contributed by atoms with Crippen molar-refractivity contribution in [3.05, 3.63) is 114 Å². The zero-order valence-electron chi connectivity index (χ0n) is 22.0. The van der Waals surface area contributed by atoms with Crippen molar-refractivity contribution >= 4 is 23.9 Å². The average molecular weight is 550 g/mol. The van der Waals surface area contributed by atoms with Crippen LogP contribution in [0.1, 0.15) is 11.1 Å². The summed E-state index contributed by atoms with van der Waals surface area (Å²) in [7, 11) is 1.63. The molecule has 4 aromatic carbocycles. The van der Waals surface area contributed by atoms with Gasteiger partial charge < -0.3 is 9.47 Å². The molecule has 5 aromatic rings. The van der Waals surface area contributed by atoms with Crippen LogP contribution in [-0.2, 0) is 4.79 Å². The molecule has 0 aliphatic heterocycles. The van der Waals surface area contributed by atoms with Gasteiger partial charge in [-0.2, -0.15) is 5.10 Å². The van der Waals surface area contributed by atoms with Crippen LogP contribution in [0.3, 0.4) is 0 Å². The molecule has 1 heterocycles. The van der Waals surface area contributed by atoms with Gasteiger partial charge in [0, 0.05) is 11.3 Å². The van der Waals surface area contributed by atoms with E-state index in [9.17, 15) is 4.79 Å². The number of carbonyl (C=O) groups excluding carboxylic acids is 1. The Morgan fingerprint density at radius 3 is 2.40 bits per heavy atom. The zero-order chi connectivity index (χ0) is 27.7. The Morgan fingerprint density at radius 1 is 0.900 bits per heavy atom. The maximum Gasteiger partial charge on any atom is 0.250 e. The van der Waals surface area contributed by atoms with Crippen LogP contribution < -0.4 is 14.9 Å². The van der Waals surface area contributed by atoms with Gasteiger partial charge >= 0.3 is 0 Å². The van der Waals surface area contributed by atoms with Crippen LogP contribution in [0.2, 0.25) is 0 Å². The molecule has 1 N–H and O–H groups in total. The third kappa shape index (κ3) is 6.75. The number of hydrazone groups is 1. The predicted molar refractivity (Wildman–Crippen MR) is 158 cm³/mol. The van der Waals surface area contributed by atoms with Gasteiger partial charge in [-0.05, 0) is 73.2 Å². The third-order valence-corrected chi connectivity index (χ3v) is 6.77. The van der Waals surface area contributed by atoms with Crippen LogP contribution >= 0.6 is 11.8 Å². The fourth-order valence-corrected chi connectivity index (χ4v) is 4.59. The van der Waals surface area contributed by atoms with E-state index in [2.05, 4.69) is 20.7 Å². The molecule has 0 fully saturated rings. The second-order valence-corrected chi connectivity index (χ2v) is 9.72. The quantitative estimate of drug-likeness (QED) is 0.125. The summed E-state index contributed by atoms with van der Waals surface area (Å²) in [6, 6.07) is 32.7. The van der Waals surface area contributed by atoms with Crippen molar-refractivity contribution in [3.63, 3.8) is 0 Å². The number of nitrogens with zero attached hydrogens (tertiary/aromatic N) is 4. The van der Waals surface area contributed by atoms with Crippen LogP contribution in [0.25, 0.3) is 17.1 Å². The van der Waals surface area contributed by atoms with E-state index in [1.807, 2.05) is 115 Å². The molecule has 0 aliphatic carbocycles. The maximum absolute atomic E-state index is 12.6. The highest BCUT2D eigenvalue weighted by Crippen LogP contribution is 2.29. The largest absolute Gasteiger partial charge is 0.497 e. The molecule has 1 amide bonds. The predicted octanol–water partition coefficient (Wildman–Crippen LogP) is 6.29. The van der Waals surface area contributed by atoms with Gasteiger partial charge in [0.25, 0.3) is 5.91 Å². The number of rotatable bonds is 10. The van der Waals surface area contributed by atoms with Crippen molar-refractivity contribution in [3.8, 4) is 34.3 Å². The smallest absolute Gasteiger partial charge is 0.250 e.